The molecule has 0 bridgehead atoms. The monoisotopic (exact) mass is 443 g/mol. The van der Waals surface area contributed by atoms with Crippen molar-refractivity contribution < 1.29 is 22.4 Å². The molecule has 2 amide bonds. The molecule has 2 saturated heterocycles. The number of thioether (sulfide) groups is 1. The van der Waals surface area contributed by atoms with Crippen LogP contribution in [0.15, 0.2) is 24.3 Å². The molecule has 7 nitrogen and oxygen atoms in total. The van der Waals surface area contributed by atoms with Gasteiger partial charge in [-0.3, -0.25) is 14.5 Å². The van der Waals surface area contributed by atoms with Gasteiger partial charge < -0.3 is 10.6 Å². The van der Waals surface area contributed by atoms with Crippen molar-refractivity contribution in [3.05, 3.63) is 30.1 Å². The summed E-state index contributed by atoms with van der Waals surface area (Å²) in [5.74, 6) is -0.841. The van der Waals surface area contributed by atoms with E-state index in [2.05, 4.69) is 15.5 Å². The molecule has 2 aliphatic rings. The zero-order valence-electron chi connectivity index (χ0n) is 16.3. The summed E-state index contributed by atoms with van der Waals surface area (Å²) in [6, 6.07) is 4.85. The van der Waals surface area contributed by atoms with E-state index in [0.717, 1.165) is 25.9 Å². The lowest BCUT2D eigenvalue weighted by Gasteiger charge is -2.29. The smallest absolute Gasteiger partial charge is 0.234 e. The van der Waals surface area contributed by atoms with Gasteiger partial charge >= 0.3 is 0 Å². The average Bonchev–Trinajstić information content (AvgIpc) is 3.29. The Labute approximate surface area is 174 Å². The largest absolute Gasteiger partial charge is 0.350 e. The van der Waals surface area contributed by atoms with Crippen LogP contribution in [0.1, 0.15) is 19.8 Å². The van der Waals surface area contributed by atoms with Crippen LogP contribution in [0.4, 0.5) is 10.1 Å². The molecule has 0 spiro atoms. The van der Waals surface area contributed by atoms with E-state index in [0.29, 0.717) is 5.69 Å². The minimum Gasteiger partial charge on any atom is -0.350 e. The highest BCUT2D eigenvalue weighted by atomic mass is 32.2. The first kappa shape index (κ1) is 22.0. The molecular weight excluding hydrogens is 417 g/mol. The number of sulfone groups is 1. The van der Waals surface area contributed by atoms with E-state index in [1.807, 2.05) is 0 Å². The number of carbonyl (C=O) groups is 2. The Kier molecular flexibility index (Phi) is 7.18. The van der Waals surface area contributed by atoms with Crippen LogP contribution in [0.25, 0.3) is 0 Å². The minimum absolute atomic E-state index is 0.0393. The standard InChI is InChI=1S/C19H26FN3O4S2/c1-13(28-10-18(24)21-15-6-4-14(20)5-7-15)19(25)22-16-11-29(26,27)12-17(16)23-8-2-3-9-23/h4-7,13,16-17H,2-3,8-12H2,1H3,(H,21,24)(H,22,25). The van der Waals surface area contributed by atoms with Crippen LogP contribution < -0.4 is 10.6 Å². The van der Waals surface area contributed by atoms with Gasteiger partial charge in [-0.2, -0.15) is 0 Å². The summed E-state index contributed by atoms with van der Waals surface area (Å²) in [5, 5.41) is 5.03. The van der Waals surface area contributed by atoms with Crippen molar-refractivity contribution in [3.63, 3.8) is 0 Å². The van der Waals surface area contributed by atoms with Crippen LogP contribution in [-0.4, -0.2) is 72.8 Å². The van der Waals surface area contributed by atoms with Crippen LogP contribution in [0, 0.1) is 5.82 Å². The molecule has 2 aliphatic heterocycles. The zero-order valence-corrected chi connectivity index (χ0v) is 17.9. The maximum Gasteiger partial charge on any atom is 0.234 e. The van der Waals surface area contributed by atoms with Crippen molar-refractivity contribution in [2.75, 3.05) is 35.7 Å². The lowest BCUT2D eigenvalue weighted by Crippen LogP contribution is -2.51. The summed E-state index contributed by atoms with van der Waals surface area (Å²) in [6.07, 6.45) is 2.10. The maximum atomic E-state index is 12.9. The van der Waals surface area contributed by atoms with E-state index in [4.69, 9.17) is 0 Å². The fourth-order valence-corrected chi connectivity index (χ4v) is 6.35. The van der Waals surface area contributed by atoms with Gasteiger partial charge in [0, 0.05) is 11.7 Å². The molecule has 2 heterocycles. The van der Waals surface area contributed by atoms with E-state index >= 15 is 0 Å². The molecule has 3 rings (SSSR count). The number of hydrogen-bond acceptors (Lipinski definition) is 6. The molecule has 2 N–H and O–H groups in total. The quantitative estimate of drug-likeness (QED) is 0.659. The number of amides is 2. The third-order valence-electron chi connectivity index (χ3n) is 5.22. The van der Waals surface area contributed by atoms with E-state index in [9.17, 15) is 22.4 Å². The van der Waals surface area contributed by atoms with Crippen molar-refractivity contribution >= 4 is 39.1 Å². The summed E-state index contributed by atoms with van der Waals surface area (Å²) < 4.78 is 37.1. The molecule has 3 atom stereocenters. The van der Waals surface area contributed by atoms with Gasteiger partial charge in [0.2, 0.25) is 11.8 Å². The van der Waals surface area contributed by atoms with Gasteiger partial charge in [0.15, 0.2) is 9.84 Å². The van der Waals surface area contributed by atoms with E-state index in [1.54, 1.807) is 6.92 Å². The fraction of sp³-hybridized carbons (Fsp3) is 0.579. The van der Waals surface area contributed by atoms with Crippen molar-refractivity contribution in [3.8, 4) is 0 Å². The van der Waals surface area contributed by atoms with Crippen LogP contribution >= 0.6 is 11.8 Å². The number of nitrogens with one attached hydrogen (secondary N) is 2. The molecule has 0 radical (unpaired) electrons. The predicted molar refractivity (Wildman–Crippen MR) is 112 cm³/mol. The Morgan fingerprint density at radius 3 is 2.52 bits per heavy atom. The summed E-state index contributed by atoms with van der Waals surface area (Å²) >= 11 is 1.17. The molecule has 2 fully saturated rings. The number of benzene rings is 1. The third-order valence-corrected chi connectivity index (χ3v) is 8.08. The van der Waals surface area contributed by atoms with Crippen molar-refractivity contribution in [1.82, 2.24) is 10.2 Å². The summed E-state index contributed by atoms with van der Waals surface area (Å²) in [6.45, 7) is 3.42. The first-order chi connectivity index (χ1) is 13.7. The van der Waals surface area contributed by atoms with Crippen LogP contribution in [0.5, 0.6) is 0 Å². The Morgan fingerprint density at radius 1 is 1.21 bits per heavy atom. The average molecular weight is 444 g/mol. The van der Waals surface area contributed by atoms with Crippen molar-refractivity contribution in [2.24, 2.45) is 0 Å². The van der Waals surface area contributed by atoms with Gasteiger partial charge in [-0.1, -0.05) is 0 Å². The number of anilines is 1. The van der Waals surface area contributed by atoms with Crippen molar-refractivity contribution in [2.45, 2.75) is 37.1 Å². The molecular formula is C19H26FN3O4S2. The molecule has 0 aliphatic carbocycles. The van der Waals surface area contributed by atoms with Crippen LogP contribution in [0.3, 0.4) is 0 Å². The van der Waals surface area contributed by atoms with Gasteiger partial charge in [0.05, 0.1) is 28.6 Å². The number of nitrogens with zero attached hydrogens (tertiary/aromatic N) is 1. The molecule has 0 aromatic heterocycles. The SMILES string of the molecule is CC(SCC(=O)Nc1ccc(F)cc1)C(=O)NC1CS(=O)(=O)CC1N1CCCC1. The first-order valence-electron chi connectivity index (χ1n) is 9.65. The number of halogens is 1. The molecule has 1 aromatic carbocycles. The van der Waals surface area contributed by atoms with Gasteiger partial charge in [0.25, 0.3) is 0 Å². The summed E-state index contributed by atoms with van der Waals surface area (Å²) in [5.41, 5.74) is 0.485. The first-order valence-corrected chi connectivity index (χ1v) is 12.5. The highest BCUT2D eigenvalue weighted by Gasteiger charge is 2.42. The lowest BCUT2D eigenvalue weighted by atomic mass is 10.1. The van der Waals surface area contributed by atoms with E-state index < -0.39 is 21.1 Å². The van der Waals surface area contributed by atoms with Gasteiger partial charge in [0.1, 0.15) is 5.82 Å². The highest BCUT2D eigenvalue weighted by Crippen LogP contribution is 2.23. The normalized spacial score (nSPS) is 24.9. The fourth-order valence-electron chi connectivity index (χ4n) is 3.71. The lowest BCUT2D eigenvalue weighted by molar-refractivity contribution is -0.121. The third kappa shape index (κ3) is 6.16. The second-order valence-corrected chi connectivity index (χ2v) is 11.0. The van der Waals surface area contributed by atoms with E-state index in [1.165, 1.54) is 36.0 Å². The predicted octanol–water partition coefficient (Wildman–Crippen LogP) is 1.26. The second-order valence-electron chi connectivity index (χ2n) is 7.51. The number of carbonyl (C=O) groups excluding carboxylic acids is 2. The van der Waals surface area contributed by atoms with Crippen molar-refractivity contribution in [1.29, 1.82) is 0 Å². The number of hydrogen-bond donors (Lipinski definition) is 2. The molecule has 10 heteroatoms. The topological polar surface area (TPSA) is 95.6 Å². The Balaban J connectivity index is 1.49. The molecule has 1 aromatic rings. The van der Waals surface area contributed by atoms with Crippen LogP contribution in [0.2, 0.25) is 0 Å². The molecule has 3 unspecified atom stereocenters. The Morgan fingerprint density at radius 2 is 1.86 bits per heavy atom. The molecule has 0 saturated carbocycles. The highest BCUT2D eigenvalue weighted by molar-refractivity contribution is 8.01. The van der Waals surface area contributed by atoms with Crippen LogP contribution in [-0.2, 0) is 19.4 Å². The zero-order chi connectivity index (χ0) is 21.0. The Hall–Kier alpha value is -1.65. The van der Waals surface area contributed by atoms with Gasteiger partial charge in [-0.05, 0) is 57.1 Å². The summed E-state index contributed by atoms with van der Waals surface area (Å²) in [7, 11) is -3.17. The second kappa shape index (κ2) is 9.44. The molecule has 29 heavy (non-hydrogen) atoms. The minimum atomic E-state index is -3.17. The Bertz CT molecular complexity index is 842. The molecule has 160 valence electrons. The number of rotatable bonds is 7. The van der Waals surface area contributed by atoms with Gasteiger partial charge in [-0.25, -0.2) is 12.8 Å². The summed E-state index contributed by atoms with van der Waals surface area (Å²) in [4.78, 5) is 26.8. The maximum absolute atomic E-state index is 12.9. The number of likely N-dealkylation sites (tertiary alicyclic amines) is 1. The van der Waals surface area contributed by atoms with Gasteiger partial charge in [-0.15, -0.1) is 11.8 Å². The van der Waals surface area contributed by atoms with E-state index in [-0.39, 0.29) is 40.9 Å².